The summed E-state index contributed by atoms with van der Waals surface area (Å²) in [7, 11) is 0. The van der Waals surface area contributed by atoms with E-state index < -0.39 is 0 Å². The summed E-state index contributed by atoms with van der Waals surface area (Å²) in [5, 5.41) is 10.1. The van der Waals surface area contributed by atoms with E-state index in [2.05, 4.69) is 39.5 Å². The SMILES string of the molecule is CCC(c1ccccc1O)N(CC(C)C)C(C)C. The predicted molar refractivity (Wildman–Crippen MR) is 77.8 cm³/mol. The maximum Gasteiger partial charge on any atom is 0.120 e. The quantitative estimate of drug-likeness (QED) is 0.816. The van der Waals surface area contributed by atoms with Crippen LogP contribution < -0.4 is 0 Å². The molecule has 1 aromatic carbocycles. The summed E-state index contributed by atoms with van der Waals surface area (Å²) in [4.78, 5) is 2.49. The lowest BCUT2D eigenvalue weighted by Gasteiger charge is -2.36. The van der Waals surface area contributed by atoms with Crippen molar-refractivity contribution in [1.29, 1.82) is 0 Å². The zero-order chi connectivity index (χ0) is 13.7. The van der Waals surface area contributed by atoms with Gasteiger partial charge in [0.2, 0.25) is 0 Å². The van der Waals surface area contributed by atoms with E-state index in [1.54, 1.807) is 6.07 Å². The fourth-order valence-electron chi connectivity index (χ4n) is 2.52. The Morgan fingerprint density at radius 1 is 1.11 bits per heavy atom. The van der Waals surface area contributed by atoms with Crippen LogP contribution in [0.25, 0.3) is 0 Å². The average molecular weight is 249 g/mol. The first kappa shape index (κ1) is 15.0. The molecule has 0 aliphatic carbocycles. The minimum Gasteiger partial charge on any atom is -0.508 e. The molecule has 2 nitrogen and oxygen atoms in total. The number of para-hydroxylation sites is 1. The Bertz CT molecular complexity index is 360. The normalized spacial score (nSPS) is 13.6. The van der Waals surface area contributed by atoms with E-state index in [1.165, 1.54) is 0 Å². The number of phenolic OH excluding ortho intramolecular Hbond substituents is 1. The van der Waals surface area contributed by atoms with Gasteiger partial charge in [0, 0.05) is 24.2 Å². The van der Waals surface area contributed by atoms with Crippen molar-refractivity contribution in [1.82, 2.24) is 4.90 Å². The summed E-state index contributed by atoms with van der Waals surface area (Å²) < 4.78 is 0. The van der Waals surface area contributed by atoms with Crippen LogP contribution in [-0.2, 0) is 0 Å². The summed E-state index contributed by atoms with van der Waals surface area (Å²) in [6.45, 7) is 12.2. The summed E-state index contributed by atoms with van der Waals surface area (Å²) in [6, 6.07) is 8.50. The minimum absolute atomic E-state index is 0.300. The number of aromatic hydroxyl groups is 1. The van der Waals surface area contributed by atoms with Crippen LogP contribution in [0.4, 0.5) is 0 Å². The van der Waals surface area contributed by atoms with Gasteiger partial charge in [-0.05, 0) is 32.3 Å². The Hall–Kier alpha value is -1.02. The van der Waals surface area contributed by atoms with Crippen LogP contribution in [0.5, 0.6) is 5.75 Å². The van der Waals surface area contributed by atoms with Crippen LogP contribution in [0, 0.1) is 5.92 Å². The fraction of sp³-hybridized carbons (Fsp3) is 0.625. The molecule has 0 amide bonds. The number of nitrogens with zero attached hydrogens (tertiary/aromatic N) is 1. The molecule has 1 atom stereocenters. The van der Waals surface area contributed by atoms with Gasteiger partial charge in [0.25, 0.3) is 0 Å². The lowest BCUT2D eigenvalue weighted by molar-refractivity contribution is 0.129. The second kappa shape index (κ2) is 6.79. The first-order valence-corrected chi connectivity index (χ1v) is 7.01. The first-order chi connectivity index (χ1) is 8.47. The van der Waals surface area contributed by atoms with Crippen molar-refractivity contribution >= 4 is 0 Å². The molecule has 0 saturated heterocycles. The Labute approximate surface area is 112 Å². The van der Waals surface area contributed by atoms with E-state index in [0.29, 0.717) is 23.8 Å². The Balaban J connectivity index is 3.02. The standard InChI is InChI=1S/C16H27NO/c1-6-15(14-9-7-8-10-16(14)18)17(13(4)5)11-12(2)3/h7-10,12-13,15,18H,6,11H2,1-5H3. The Kier molecular flexibility index (Phi) is 5.67. The molecule has 102 valence electrons. The lowest BCUT2D eigenvalue weighted by atomic mass is 9.99. The van der Waals surface area contributed by atoms with Crippen LogP contribution in [0.3, 0.4) is 0 Å². The molecular weight excluding hydrogens is 222 g/mol. The topological polar surface area (TPSA) is 23.5 Å². The second-order valence-corrected chi connectivity index (χ2v) is 5.67. The molecule has 1 rings (SSSR count). The molecule has 0 aliphatic heterocycles. The van der Waals surface area contributed by atoms with E-state index >= 15 is 0 Å². The lowest BCUT2D eigenvalue weighted by Crippen LogP contribution is -2.37. The van der Waals surface area contributed by atoms with Crippen molar-refractivity contribution in [3.05, 3.63) is 29.8 Å². The van der Waals surface area contributed by atoms with Crippen LogP contribution in [-0.4, -0.2) is 22.6 Å². The van der Waals surface area contributed by atoms with E-state index in [1.807, 2.05) is 18.2 Å². The van der Waals surface area contributed by atoms with E-state index in [9.17, 15) is 5.11 Å². The molecule has 1 aromatic rings. The van der Waals surface area contributed by atoms with Gasteiger partial charge < -0.3 is 5.11 Å². The Morgan fingerprint density at radius 3 is 2.17 bits per heavy atom. The number of hydrogen-bond acceptors (Lipinski definition) is 2. The van der Waals surface area contributed by atoms with E-state index in [4.69, 9.17) is 0 Å². The molecule has 1 N–H and O–H groups in total. The molecule has 2 heteroatoms. The molecule has 1 unspecified atom stereocenters. The van der Waals surface area contributed by atoms with Gasteiger partial charge in [0.05, 0.1) is 0 Å². The molecule has 0 aliphatic rings. The summed E-state index contributed by atoms with van der Waals surface area (Å²) >= 11 is 0. The van der Waals surface area contributed by atoms with Crippen LogP contribution in [0.2, 0.25) is 0 Å². The second-order valence-electron chi connectivity index (χ2n) is 5.67. The van der Waals surface area contributed by atoms with Gasteiger partial charge >= 0.3 is 0 Å². The molecule has 0 radical (unpaired) electrons. The van der Waals surface area contributed by atoms with E-state index in [-0.39, 0.29) is 0 Å². The predicted octanol–water partition coefficient (Wildman–Crippen LogP) is 4.21. The van der Waals surface area contributed by atoms with Crippen molar-refractivity contribution in [2.75, 3.05) is 6.54 Å². The molecule has 0 saturated carbocycles. The van der Waals surface area contributed by atoms with Gasteiger partial charge in [-0.25, -0.2) is 0 Å². The monoisotopic (exact) mass is 249 g/mol. The summed E-state index contributed by atoms with van der Waals surface area (Å²) in [6.07, 6.45) is 1.02. The molecule has 0 heterocycles. The molecule has 18 heavy (non-hydrogen) atoms. The highest BCUT2D eigenvalue weighted by Crippen LogP contribution is 2.32. The molecule has 0 aromatic heterocycles. The summed E-state index contributed by atoms with van der Waals surface area (Å²) in [5.41, 5.74) is 1.05. The van der Waals surface area contributed by atoms with Crippen LogP contribution in [0.15, 0.2) is 24.3 Å². The van der Waals surface area contributed by atoms with Crippen LogP contribution >= 0.6 is 0 Å². The number of benzene rings is 1. The molecular formula is C16H27NO. The molecule has 0 spiro atoms. The number of hydrogen-bond donors (Lipinski definition) is 1. The van der Waals surface area contributed by atoms with Crippen molar-refractivity contribution in [3.8, 4) is 5.75 Å². The van der Waals surface area contributed by atoms with Gasteiger partial charge in [0.15, 0.2) is 0 Å². The van der Waals surface area contributed by atoms with Crippen molar-refractivity contribution in [2.24, 2.45) is 5.92 Å². The van der Waals surface area contributed by atoms with Crippen LogP contribution in [0.1, 0.15) is 52.6 Å². The molecule has 0 bridgehead atoms. The fourth-order valence-corrected chi connectivity index (χ4v) is 2.52. The van der Waals surface area contributed by atoms with Gasteiger partial charge in [-0.15, -0.1) is 0 Å². The van der Waals surface area contributed by atoms with Gasteiger partial charge in [0.1, 0.15) is 5.75 Å². The first-order valence-electron chi connectivity index (χ1n) is 7.01. The average Bonchev–Trinajstić information content (AvgIpc) is 2.30. The molecule has 0 fully saturated rings. The third-order valence-corrected chi connectivity index (χ3v) is 3.32. The van der Waals surface area contributed by atoms with Gasteiger partial charge in [-0.2, -0.15) is 0 Å². The zero-order valence-corrected chi connectivity index (χ0v) is 12.4. The highest BCUT2D eigenvalue weighted by atomic mass is 16.3. The third-order valence-electron chi connectivity index (χ3n) is 3.32. The van der Waals surface area contributed by atoms with Gasteiger partial charge in [-0.3, -0.25) is 4.90 Å². The minimum atomic E-state index is 0.300. The smallest absolute Gasteiger partial charge is 0.120 e. The maximum atomic E-state index is 10.1. The maximum absolute atomic E-state index is 10.1. The van der Waals surface area contributed by atoms with E-state index in [0.717, 1.165) is 18.5 Å². The van der Waals surface area contributed by atoms with Crippen molar-refractivity contribution < 1.29 is 5.11 Å². The largest absolute Gasteiger partial charge is 0.508 e. The number of rotatable bonds is 6. The highest BCUT2D eigenvalue weighted by molar-refractivity contribution is 5.34. The third kappa shape index (κ3) is 3.74. The van der Waals surface area contributed by atoms with Gasteiger partial charge in [-0.1, -0.05) is 39.0 Å². The number of phenols is 1. The Morgan fingerprint density at radius 2 is 1.72 bits per heavy atom. The summed E-state index contributed by atoms with van der Waals surface area (Å²) in [5.74, 6) is 1.05. The highest BCUT2D eigenvalue weighted by Gasteiger charge is 2.23. The van der Waals surface area contributed by atoms with Crippen molar-refractivity contribution in [3.63, 3.8) is 0 Å². The van der Waals surface area contributed by atoms with Crippen molar-refractivity contribution in [2.45, 2.75) is 53.1 Å². The zero-order valence-electron chi connectivity index (χ0n) is 12.4.